The zero-order valence-corrected chi connectivity index (χ0v) is 15.3. The summed E-state index contributed by atoms with van der Waals surface area (Å²) >= 11 is 5.15. The molecule has 2 N–H and O–H groups in total. The largest absolute Gasteiger partial charge is 0.459 e. The maximum atomic E-state index is 13.9. The summed E-state index contributed by atoms with van der Waals surface area (Å²) in [4.78, 5) is 7.90. The molecule has 0 aliphatic rings. The summed E-state index contributed by atoms with van der Waals surface area (Å²) in [6, 6.07) is 8.03. The molecule has 0 aliphatic carbocycles. The lowest BCUT2D eigenvalue weighted by Gasteiger charge is -2.11. The molecular formula is C18H23FN4OS. The van der Waals surface area contributed by atoms with Crippen molar-refractivity contribution < 1.29 is 9.13 Å². The second-order valence-corrected chi connectivity index (χ2v) is 6.12. The lowest BCUT2D eigenvalue weighted by Crippen LogP contribution is -2.30. The van der Waals surface area contributed by atoms with Crippen molar-refractivity contribution in [1.82, 2.24) is 15.3 Å². The van der Waals surface area contributed by atoms with Crippen LogP contribution in [0.25, 0.3) is 0 Å². The molecule has 0 saturated heterocycles. The predicted molar refractivity (Wildman–Crippen MR) is 101 cm³/mol. The van der Waals surface area contributed by atoms with Gasteiger partial charge < -0.3 is 15.4 Å². The Morgan fingerprint density at radius 3 is 2.72 bits per heavy atom. The van der Waals surface area contributed by atoms with Crippen molar-refractivity contribution in [3.05, 3.63) is 47.4 Å². The highest BCUT2D eigenvalue weighted by atomic mass is 32.1. The standard InChI is InChI=1S/C18H23FN4OS/c1-3-4-5-10-20-18(25)23-16-15(19)11-21-17(22-16)24-12-14-8-6-13(2)7-9-14/h6-9,11H,3-5,10,12H2,1-2H3,(H2,20,21,22,23,25). The first-order chi connectivity index (χ1) is 12.1. The summed E-state index contributed by atoms with van der Waals surface area (Å²) in [5, 5.41) is 6.11. The number of nitrogens with one attached hydrogen (secondary N) is 2. The van der Waals surface area contributed by atoms with E-state index in [-0.39, 0.29) is 11.8 Å². The van der Waals surface area contributed by atoms with Crippen LogP contribution < -0.4 is 15.4 Å². The van der Waals surface area contributed by atoms with Gasteiger partial charge in [-0.2, -0.15) is 4.98 Å². The summed E-state index contributed by atoms with van der Waals surface area (Å²) in [6.07, 6.45) is 4.33. The summed E-state index contributed by atoms with van der Waals surface area (Å²) < 4.78 is 19.4. The highest BCUT2D eigenvalue weighted by Crippen LogP contribution is 2.14. The van der Waals surface area contributed by atoms with Gasteiger partial charge in [-0.05, 0) is 31.1 Å². The number of anilines is 1. The van der Waals surface area contributed by atoms with Crippen LogP contribution in [0.3, 0.4) is 0 Å². The topological polar surface area (TPSA) is 59.1 Å². The number of benzene rings is 1. The van der Waals surface area contributed by atoms with E-state index in [4.69, 9.17) is 17.0 Å². The number of hydrogen-bond acceptors (Lipinski definition) is 4. The molecule has 1 aromatic heterocycles. The summed E-state index contributed by atoms with van der Waals surface area (Å²) in [6.45, 7) is 5.20. The first-order valence-electron chi connectivity index (χ1n) is 8.34. The summed E-state index contributed by atoms with van der Waals surface area (Å²) in [7, 11) is 0. The van der Waals surface area contributed by atoms with Crippen molar-refractivity contribution in [2.75, 3.05) is 11.9 Å². The molecule has 0 radical (unpaired) electrons. The Hall–Kier alpha value is -2.28. The van der Waals surface area contributed by atoms with Gasteiger partial charge in [0.25, 0.3) is 0 Å². The van der Waals surface area contributed by atoms with Gasteiger partial charge in [0.2, 0.25) is 0 Å². The van der Waals surface area contributed by atoms with E-state index in [9.17, 15) is 4.39 Å². The number of nitrogens with zero attached hydrogens (tertiary/aromatic N) is 2. The molecule has 0 bridgehead atoms. The van der Waals surface area contributed by atoms with Crippen LogP contribution in [0.1, 0.15) is 37.3 Å². The second kappa shape index (κ2) is 9.88. The van der Waals surface area contributed by atoms with Crippen LogP contribution in [0.15, 0.2) is 30.5 Å². The Morgan fingerprint density at radius 2 is 2.00 bits per heavy atom. The molecule has 25 heavy (non-hydrogen) atoms. The minimum absolute atomic E-state index is 0.00176. The van der Waals surface area contributed by atoms with Crippen molar-refractivity contribution in [2.45, 2.75) is 39.7 Å². The predicted octanol–water partition coefficient (Wildman–Crippen LogP) is 3.98. The van der Waals surface area contributed by atoms with Gasteiger partial charge in [0.05, 0.1) is 6.20 Å². The van der Waals surface area contributed by atoms with E-state index >= 15 is 0 Å². The highest BCUT2D eigenvalue weighted by molar-refractivity contribution is 7.80. The third-order valence-corrected chi connectivity index (χ3v) is 3.75. The zero-order chi connectivity index (χ0) is 18.1. The van der Waals surface area contributed by atoms with Crippen molar-refractivity contribution >= 4 is 23.1 Å². The van der Waals surface area contributed by atoms with Crippen molar-refractivity contribution in [2.24, 2.45) is 0 Å². The molecule has 0 spiro atoms. The van der Waals surface area contributed by atoms with Crippen molar-refractivity contribution in [3.63, 3.8) is 0 Å². The molecule has 0 aliphatic heterocycles. The summed E-state index contributed by atoms with van der Waals surface area (Å²) in [5.41, 5.74) is 2.16. The quantitative estimate of drug-likeness (QED) is 0.547. The van der Waals surface area contributed by atoms with Gasteiger partial charge in [0.1, 0.15) is 6.61 Å². The van der Waals surface area contributed by atoms with Crippen LogP contribution in [0.2, 0.25) is 0 Å². The number of unbranched alkanes of at least 4 members (excludes halogenated alkanes) is 2. The molecule has 134 valence electrons. The molecule has 2 rings (SSSR count). The Labute approximate surface area is 153 Å². The van der Waals surface area contributed by atoms with E-state index in [1.807, 2.05) is 31.2 Å². The van der Waals surface area contributed by atoms with E-state index in [0.717, 1.165) is 37.6 Å². The third-order valence-electron chi connectivity index (χ3n) is 3.51. The van der Waals surface area contributed by atoms with Gasteiger partial charge in [-0.25, -0.2) is 9.37 Å². The average molecular weight is 362 g/mol. The van der Waals surface area contributed by atoms with Crippen LogP contribution in [-0.4, -0.2) is 21.6 Å². The first-order valence-corrected chi connectivity index (χ1v) is 8.75. The van der Waals surface area contributed by atoms with Gasteiger partial charge in [-0.3, -0.25) is 0 Å². The first kappa shape index (κ1) is 19.1. The normalized spacial score (nSPS) is 10.4. The van der Waals surface area contributed by atoms with Crippen LogP contribution in [0, 0.1) is 12.7 Å². The number of aryl methyl sites for hydroxylation is 1. The van der Waals surface area contributed by atoms with Crippen molar-refractivity contribution in [3.8, 4) is 6.01 Å². The van der Waals surface area contributed by atoms with E-state index in [2.05, 4.69) is 27.5 Å². The molecule has 0 saturated carbocycles. The SMILES string of the molecule is CCCCCNC(=S)Nc1nc(OCc2ccc(C)cc2)ncc1F. The lowest BCUT2D eigenvalue weighted by molar-refractivity contribution is 0.280. The fourth-order valence-electron chi connectivity index (χ4n) is 2.07. The minimum atomic E-state index is -0.583. The molecule has 0 amide bonds. The smallest absolute Gasteiger partial charge is 0.318 e. The monoisotopic (exact) mass is 362 g/mol. The molecule has 0 fully saturated rings. The number of hydrogen-bond donors (Lipinski definition) is 2. The number of halogens is 1. The van der Waals surface area contributed by atoms with E-state index < -0.39 is 5.82 Å². The zero-order valence-electron chi connectivity index (χ0n) is 14.5. The molecule has 5 nitrogen and oxygen atoms in total. The van der Waals surface area contributed by atoms with Crippen molar-refractivity contribution in [1.29, 1.82) is 0 Å². The lowest BCUT2D eigenvalue weighted by atomic mass is 10.2. The minimum Gasteiger partial charge on any atom is -0.459 e. The molecule has 1 aromatic carbocycles. The fraction of sp³-hybridized carbons (Fsp3) is 0.389. The number of aromatic nitrogens is 2. The highest BCUT2D eigenvalue weighted by Gasteiger charge is 2.09. The Morgan fingerprint density at radius 1 is 1.24 bits per heavy atom. The van der Waals surface area contributed by atoms with Crippen LogP contribution in [-0.2, 0) is 6.61 Å². The number of rotatable bonds is 8. The number of thiocarbonyl (C=S) groups is 1. The Kier molecular flexibility index (Phi) is 7.53. The summed E-state index contributed by atoms with van der Waals surface area (Å²) in [5.74, 6) is -0.581. The molecule has 1 heterocycles. The van der Waals surface area contributed by atoms with E-state index in [1.54, 1.807) is 0 Å². The van der Waals surface area contributed by atoms with Crippen LogP contribution >= 0.6 is 12.2 Å². The van der Waals surface area contributed by atoms with Crippen LogP contribution in [0.5, 0.6) is 6.01 Å². The maximum Gasteiger partial charge on any atom is 0.318 e. The fourth-order valence-corrected chi connectivity index (χ4v) is 2.27. The Balaban J connectivity index is 1.90. The Bertz CT molecular complexity index is 694. The number of ether oxygens (including phenoxy) is 1. The molecule has 2 aromatic rings. The van der Waals surface area contributed by atoms with Gasteiger partial charge in [0.15, 0.2) is 16.7 Å². The molecule has 7 heteroatoms. The van der Waals surface area contributed by atoms with Gasteiger partial charge in [-0.15, -0.1) is 0 Å². The molecule has 0 unspecified atom stereocenters. The van der Waals surface area contributed by atoms with E-state index in [1.165, 1.54) is 5.56 Å². The average Bonchev–Trinajstić information content (AvgIpc) is 2.61. The second-order valence-electron chi connectivity index (χ2n) is 5.71. The molecule has 0 atom stereocenters. The maximum absolute atomic E-state index is 13.9. The third kappa shape index (κ3) is 6.62. The van der Waals surface area contributed by atoms with Crippen LogP contribution in [0.4, 0.5) is 10.2 Å². The van der Waals surface area contributed by atoms with Gasteiger partial charge in [0, 0.05) is 6.54 Å². The molecular weight excluding hydrogens is 339 g/mol. The van der Waals surface area contributed by atoms with E-state index in [0.29, 0.717) is 11.7 Å². The van der Waals surface area contributed by atoms with Gasteiger partial charge in [-0.1, -0.05) is 49.6 Å². The van der Waals surface area contributed by atoms with Gasteiger partial charge >= 0.3 is 6.01 Å².